The van der Waals surface area contributed by atoms with Gasteiger partial charge in [0, 0.05) is 0 Å². The third-order valence-electron chi connectivity index (χ3n) is 1.47. The third-order valence-corrected chi connectivity index (χ3v) is 3.79. The molecular formula is C10H12S2. The van der Waals surface area contributed by atoms with Crippen LogP contribution in [0.5, 0.6) is 0 Å². The first-order valence-corrected chi connectivity index (χ1v) is 5.86. The quantitative estimate of drug-likeness (QED) is 0.402. The van der Waals surface area contributed by atoms with Crippen molar-refractivity contribution < 1.29 is 0 Å². The Bertz CT molecular complexity index is 268. The van der Waals surface area contributed by atoms with Gasteiger partial charge in [-0.15, -0.1) is 29.5 Å². The first kappa shape index (κ1) is 9.70. The lowest BCUT2D eigenvalue weighted by atomic mass is 10.4. The summed E-state index contributed by atoms with van der Waals surface area (Å²) in [5.74, 6) is 3.85. The standard InChI is InChI=1S/C10H12S2/c1-3-5-8-11-10-7-6-9(4-2)12-10/h2,6-7H,3,5,8H2,1H3. The highest BCUT2D eigenvalue weighted by atomic mass is 32.2. The Hall–Kier alpha value is -0.390. The van der Waals surface area contributed by atoms with E-state index >= 15 is 0 Å². The lowest BCUT2D eigenvalue weighted by Gasteiger charge is -1.93. The Morgan fingerprint density at radius 3 is 3.00 bits per heavy atom. The van der Waals surface area contributed by atoms with E-state index in [1.807, 2.05) is 17.8 Å². The van der Waals surface area contributed by atoms with Gasteiger partial charge in [0.25, 0.3) is 0 Å². The summed E-state index contributed by atoms with van der Waals surface area (Å²) in [6.07, 6.45) is 7.82. The molecule has 2 heteroatoms. The highest BCUT2D eigenvalue weighted by Crippen LogP contribution is 2.27. The minimum atomic E-state index is 1.04. The van der Waals surface area contributed by atoms with Crippen LogP contribution < -0.4 is 0 Å². The zero-order valence-electron chi connectivity index (χ0n) is 7.17. The largest absolute Gasteiger partial charge is 0.120 e. The topological polar surface area (TPSA) is 0 Å². The van der Waals surface area contributed by atoms with E-state index in [2.05, 4.69) is 18.9 Å². The first-order valence-electron chi connectivity index (χ1n) is 4.06. The van der Waals surface area contributed by atoms with Gasteiger partial charge < -0.3 is 0 Å². The minimum absolute atomic E-state index is 1.04. The normalized spacial score (nSPS) is 9.67. The van der Waals surface area contributed by atoms with E-state index in [4.69, 9.17) is 6.42 Å². The van der Waals surface area contributed by atoms with Gasteiger partial charge in [-0.3, -0.25) is 0 Å². The molecule has 0 aliphatic carbocycles. The van der Waals surface area contributed by atoms with E-state index in [0.29, 0.717) is 0 Å². The summed E-state index contributed by atoms with van der Waals surface area (Å²) in [4.78, 5) is 1.04. The van der Waals surface area contributed by atoms with Crippen LogP contribution in [0.3, 0.4) is 0 Å². The zero-order valence-corrected chi connectivity index (χ0v) is 8.80. The lowest BCUT2D eigenvalue weighted by Crippen LogP contribution is -1.73. The molecule has 64 valence electrons. The molecule has 0 N–H and O–H groups in total. The van der Waals surface area contributed by atoms with Crippen molar-refractivity contribution in [3.63, 3.8) is 0 Å². The number of terminal acetylenes is 1. The monoisotopic (exact) mass is 196 g/mol. The molecule has 0 aromatic carbocycles. The molecule has 0 fully saturated rings. The molecule has 0 spiro atoms. The van der Waals surface area contributed by atoms with E-state index in [-0.39, 0.29) is 0 Å². The van der Waals surface area contributed by atoms with Crippen LogP contribution >= 0.6 is 23.1 Å². The first-order chi connectivity index (χ1) is 5.86. The van der Waals surface area contributed by atoms with Crippen LogP contribution in [0.4, 0.5) is 0 Å². The van der Waals surface area contributed by atoms with Crippen LogP contribution in [-0.2, 0) is 0 Å². The molecule has 0 aliphatic rings. The van der Waals surface area contributed by atoms with Crippen LogP contribution in [0.15, 0.2) is 16.3 Å². The number of unbranched alkanes of at least 4 members (excludes halogenated alkanes) is 1. The van der Waals surface area contributed by atoms with Crippen molar-refractivity contribution in [3.05, 3.63) is 17.0 Å². The van der Waals surface area contributed by atoms with Gasteiger partial charge >= 0.3 is 0 Å². The fourth-order valence-electron chi connectivity index (χ4n) is 0.792. The van der Waals surface area contributed by atoms with Crippen LogP contribution in [0.25, 0.3) is 0 Å². The second-order valence-corrected chi connectivity index (χ2v) is 4.94. The summed E-state index contributed by atoms with van der Waals surface area (Å²) >= 11 is 3.61. The Kier molecular flexibility index (Phi) is 4.27. The zero-order chi connectivity index (χ0) is 8.81. The molecule has 1 aromatic rings. The predicted molar refractivity (Wildman–Crippen MR) is 57.9 cm³/mol. The smallest absolute Gasteiger partial charge is 0.0777 e. The second-order valence-electron chi connectivity index (χ2n) is 2.47. The van der Waals surface area contributed by atoms with Crippen molar-refractivity contribution in [2.24, 2.45) is 0 Å². The molecule has 0 unspecified atom stereocenters. The van der Waals surface area contributed by atoms with Gasteiger partial charge in [0.2, 0.25) is 0 Å². The highest BCUT2D eigenvalue weighted by Gasteiger charge is 1.97. The maximum Gasteiger partial charge on any atom is 0.0777 e. The van der Waals surface area contributed by atoms with Crippen LogP contribution in [0.2, 0.25) is 0 Å². The van der Waals surface area contributed by atoms with Crippen molar-refractivity contribution in [1.82, 2.24) is 0 Å². The molecule has 0 nitrogen and oxygen atoms in total. The molecule has 0 saturated carbocycles. The number of rotatable bonds is 4. The number of hydrogen-bond donors (Lipinski definition) is 0. The fraction of sp³-hybridized carbons (Fsp3) is 0.400. The Labute approximate surface area is 82.4 Å². The predicted octanol–water partition coefficient (Wildman–Crippen LogP) is 3.62. The molecule has 1 aromatic heterocycles. The van der Waals surface area contributed by atoms with Gasteiger partial charge in [-0.25, -0.2) is 0 Å². The average Bonchev–Trinajstić information content (AvgIpc) is 2.53. The molecule has 0 radical (unpaired) electrons. The molecule has 0 saturated heterocycles. The molecule has 0 bridgehead atoms. The van der Waals surface area contributed by atoms with Crippen molar-refractivity contribution in [1.29, 1.82) is 0 Å². The summed E-state index contributed by atoms with van der Waals surface area (Å²) in [5, 5.41) is 0. The second kappa shape index (κ2) is 5.29. The van der Waals surface area contributed by atoms with Crippen LogP contribution in [0, 0.1) is 12.3 Å². The lowest BCUT2D eigenvalue weighted by molar-refractivity contribution is 0.896. The molecule has 0 aliphatic heterocycles. The van der Waals surface area contributed by atoms with E-state index < -0.39 is 0 Å². The highest BCUT2D eigenvalue weighted by molar-refractivity contribution is 8.01. The van der Waals surface area contributed by atoms with E-state index in [1.165, 1.54) is 22.8 Å². The summed E-state index contributed by atoms with van der Waals surface area (Å²) in [6, 6.07) is 4.12. The van der Waals surface area contributed by atoms with Crippen molar-refractivity contribution in [2.75, 3.05) is 5.75 Å². The fourth-order valence-corrected chi connectivity index (χ4v) is 2.89. The van der Waals surface area contributed by atoms with Gasteiger partial charge in [-0.2, -0.15) is 0 Å². The minimum Gasteiger partial charge on any atom is -0.120 e. The van der Waals surface area contributed by atoms with Gasteiger partial charge in [-0.05, 0) is 24.3 Å². The van der Waals surface area contributed by atoms with E-state index in [1.54, 1.807) is 11.3 Å². The molecular weight excluding hydrogens is 184 g/mol. The SMILES string of the molecule is C#Cc1ccc(SCCCC)s1. The maximum absolute atomic E-state index is 5.27. The Morgan fingerprint density at radius 1 is 1.58 bits per heavy atom. The Balaban J connectivity index is 2.38. The molecule has 0 amide bonds. The Morgan fingerprint density at radius 2 is 2.42 bits per heavy atom. The molecule has 0 atom stereocenters. The molecule has 1 rings (SSSR count). The van der Waals surface area contributed by atoms with Crippen molar-refractivity contribution in [2.45, 2.75) is 24.0 Å². The van der Waals surface area contributed by atoms with Crippen molar-refractivity contribution >= 4 is 23.1 Å². The number of hydrogen-bond acceptors (Lipinski definition) is 2. The summed E-state index contributed by atoms with van der Waals surface area (Å²) in [6.45, 7) is 2.21. The van der Waals surface area contributed by atoms with Gasteiger partial charge in [0.05, 0.1) is 9.09 Å². The summed E-state index contributed by atoms with van der Waals surface area (Å²) in [7, 11) is 0. The summed E-state index contributed by atoms with van der Waals surface area (Å²) in [5.41, 5.74) is 0. The number of thiophene rings is 1. The van der Waals surface area contributed by atoms with Gasteiger partial charge in [0.15, 0.2) is 0 Å². The van der Waals surface area contributed by atoms with Crippen LogP contribution in [0.1, 0.15) is 24.6 Å². The molecule has 12 heavy (non-hydrogen) atoms. The van der Waals surface area contributed by atoms with Crippen molar-refractivity contribution in [3.8, 4) is 12.3 Å². The maximum atomic E-state index is 5.27. The van der Waals surface area contributed by atoms with Gasteiger partial charge in [0.1, 0.15) is 0 Å². The van der Waals surface area contributed by atoms with E-state index in [9.17, 15) is 0 Å². The number of thioether (sulfide) groups is 1. The van der Waals surface area contributed by atoms with Gasteiger partial charge in [-0.1, -0.05) is 19.3 Å². The summed E-state index contributed by atoms with van der Waals surface area (Å²) < 4.78 is 1.34. The average molecular weight is 196 g/mol. The molecule has 1 heterocycles. The van der Waals surface area contributed by atoms with E-state index in [0.717, 1.165) is 4.88 Å². The third kappa shape index (κ3) is 2.92. The van der Waals surface area contributed by atoms with Crippen LogP contribution in [-0.4, -0.2) is 5.75 Å².